The summed E-state index contributed by atoms with van der Waals surface area (Å²) in [6.07, 6.45) is 0. The Bertz CT molecular complexity index is 1540. The molecule has 0 saturated carbocycles. The first-order valence-electron chi connectivity index (χ1n) is 13.6. The van der Waals surface area contributed by atoms with Crippen LogP contribution in [0, 0.1) is 6.92 Å². The molecule has 0 heterocycles. The maximum Gasteiger partial charge on any atom is 0.265 e. The lowest BCUT2D eigenvalue weighted by Crippen LogP contribution is -2.51. The first-order valence-corrected chi connectivity index (χ1v) is 15.0. The fourth-order valence-corrected chi connectivity index (χ4v) is 5.92. The van der Waals surface area contributed by atoms with Gasteiger partial charge in [0, 0.05) is 25.2 Å². The first kappa shape index (κ1) is 33.1. The number of carbonyl (C=O) groups excluding carboxylic acids is 2. The van der Waals surface area contributed by atoms with Crippen molar-refractivity contribution < 1.29 is 37.0 Å². The lowest BCUT2D eigenvalue weighted by molar-refractivity contribution is -0.139. The molecule has 0 aliphatic carbocycles. The zero-order valence-electron chi connectivity index (χ0n) is 25.5. The molecular formula is C31H39N3O8S. The summed E-state index contributed by atoms with van der Waals surface area (Å²) in [6.45, 7) is 5.12. The molecule has 232 valence electrons. The van der Waals surface area contributed by atoms with Gasteiger partial charge in [-0.05, 0) is 56.2 Å². The lowest BCUT2D eigenvalue weighted by Gasteiger charge is -2.32. The number of anilines is 1. The standard InChI is InChI=1S/C31H39N3O8S/c1-8-32-31(36)22(3)33(19-23-12-10-9-11-21(23)2)30(35)20-34(26-17-24(39-4)13-15-27(26)40-5)43(37,38)25-14-16-28(41-6)29(18-25)42-7/h9-18,22H,8,19-20H2,1-7H3,(H,32,36)/t22-/m1/s1. The molecule has 1 N–H and O–H groups in total. The number of amides is 2. The highest BCUT2D eigenvalue weighted by atomic mass is 32.2. The Morgan fingerprint density at radius 3 is 2.12 bits per heavy atom. The van der Waals surface area contributed by atoms with Gasteiger partial charge in [0.15, 0.2) is 11.5 Å². The number of methoxy groups -OCH3 is 4. The number of nitrogens with zero attached hydrogens (tertiary/aromatic N) is 2. The van der Waals surface area contributed by atoms with Gasteiger partial charge in [-0.15, -0.1) is 0 Å². The second-order valence-electron chi connectivity index (χ2n) is 9.58. The highest BCUT2D eigenvalue weighted by molar-refractivity contribution is 7.92. The molecule has 0 bridgehead atoms. The Kier molecular flexibility index (Phi) is 11.2. The van der Waals surface area contributed by atoms with Gasteiger partial charge in [0.05, 0.1) is 39.0 Å². The van der Waals surface area contributed by atoms with E-state index >= 15 is 0 Å². The number of ether oxygens (including phenoxy) is 4. The molecule has 0 aliphatic rings. The van der Waals surface area contributed by atoms with E-state index < -0.39 is 28.5 Å². The maximum absolute atomic E-state index is 14.3. The topological polar surface area (TPSA) is 124 Å². The molecule has 2 amide bonds. The van der Waals surface area contributed by atoms with E-state index in [1.165, 1.54) is 57.6 Å². The van der Waals surface area contributed by atoms with Crippen LogP contribution < -0.4 is 28.6 Å². The predicted molar refractivity (Wildman–Crippen MR) is 163 cm³/mol. The number of sulfonamides is 1. The number of carbonyl (C=O) groups is 2. The number of rotatable bonds is 14. The molecular weight excluding hydrogens is 574 g/mol. The smallest absolute Gasteiger partial charge is 0.265 e. The summed E-state index contributed by atoms with van der Waals surface area (Å²) in [5, 5.41) is 2.75. The second-order valence-corrected chi connectivity index (χ2v) is 11.4. The Balaban J connectivity index is 2.18. The van der Waals surface area contributed by atoms with Crippen molar-refractivity contribution in [3.63, 3.8) is 0 Å². The normalized spacial score (nSPS) is 11.7. The van der Waals surface area contributed by atoms with Crippen molar-refractivity contribution in [1.82, 2.24) is 10.2 Å². The van der Waals surface area contributed by atoms with Crippen molar-refractivity contribution in [1.29, 1.82) is 0 Å². The number of aryl methyl sites for hydroxylation is 1. The summed E-state index contributed by atoms with van der Waals surface area (Å²) in [6, 6.07) is 15.4. The van der Waals surface area contributed by atoms with Crippen LogP contribution in [0.4, 0.5) is 5.69 Å². The van der Waals surface area contributed by atoms with Crippen molar-refractivity contribution in [2.45, 2.75) is 38.3 Å². The molecule has 43 heavy (non-hydrogen) atoms. The summed E-state index contributed by atoms with van der Waals surface area (Å²) in [5.41, 5.74) is 1.82. The van der Waals surface area contributed by atoms with E-state index in [9.17, 15) is 18.0 Å². The molecule has 0 unspecified atom stereocenters. The van der Waals surface area contributed by atoms with E-state index in [-0.39, 0.29) is 34.5 Å². The molecule has 3 rings (SSSR count). The molecule has 3 aromatic carbocycles. The van der Waals surface area contributed by atoms with Gasteiger partial charge in [-0.1, -0.05) is 24.3 Å². The van der Waals surface area contributed by atoms with Crippen molar-refractivity contribution in [3.05, 3.63) is 71.8 Å². The molecule has 3 aromatic rings. The van der Waals surface area contributed by atoms with Crippen LogP contribution in [0.5, 0.6) is 23.0 Å². The number of nitrogens with one attached hydrogen (secondary N) is 1. The van der Waals surface area contributed by atoms with Gasteiger partial charge >= 0.3 is 0 Å². The van der Waals surface area contributed by atoms with Crippen LogP contribution in [0.1, 0.15) is 25.0 Å². The van der Waals surface area contributed by atoms with E-state index in [1.807, 2.05) is 31.2 Å². The van der Waals surface area contributed by atoms with Gasteiger partial charge < -0.3 is 29.2 Å². The largest absolute Gasteiger partial charge is 0.497 e. The van der Waals surface area contributed by atoms with Crippen LogP contribution in [0.2, 0.25) is 0 Å². The minimum atomic E-state index is -4.42. The Hall–Kier alpha value is -4.45. The summed E-state index contributed by atoms with van der Waals surface area (Å²) in [7, 11) is 1.26. The average molecular weight is 614 g/mol. The van der Waals surface area contributed by atoms with Crippen molar-refractivity contribution in [3.8, 4) is 23.0 Å². The maximum atomic E-state index is 14.3. The first-order chi connectivity index (χ1) is 20.5. The molecule has 0 saturated heterocycles. The molecule has 12 heteroatoms. The average Bonchev–Trinajstić information content (AvgIpc) is 3.02. The number of hydrogen-bond acceptors (Lipinski definition) is 8. The SMILES string of the molecule is CCNC(=O)[C@@H](C)N(Cc1ccccc1C)C(=O)CN(c1cc(OC)ccc1OC)S(=O)(=O)c1ccc(OC)c(OC)c1. The highest BCUT2D eigenvalue weighted by Gasteiger charge is 2.34. The van der Waals surface area contributed by atoms with Crippen molar-refractivity contribution in [2.24, 2.45) is 0 Å². The molecule has 11 nitrogen and oxygen atoms in total. The zero-order valence-corrected chi connectivity index (χ0v) is 26.4. The van der Waals surface area contributed by atoms with Crippen LogP contribution in [-0.4, -0.2) is 72.7 Å². The van der Waals surface area contributed by atoms with Crippen LogP contribution in [0.3, 0.4) is 0 Å². The molecule has 0 aromatic heterocycles. The second kappa shape index (κ2) is 14.6. The number of hydrogen-bond donors (Lipinski definition) is 1. The van der Waals surface area contributed by atoms with E-state index in [0.29, 0.717) is 18.0 Å². The summed E-state index contributed by atoms with van der Waals surface area (Å²) >= 11 is 0. The molecule has 0 spiro atoms. The van der Waals surface area contributed by atoms with Gasteiger partial charge in [0.1, 0.15) is 24.1 Å². The predicted octanol–water partition coefficient (Wildman–Crippen LogP) is 3.78. The lowest BCUT2D eigenvalue weighted by atomic mass is 10.1. The minimum Gasteiger partial charge on any atom is -0.497 e. The van der Waals surface area contributed by atoms with Crippen LogP contribution in [0.25, 0.3) is 0 Å². The van der Waals surface area contributed by atoms with Gasteiger partial charge in [-0.2, -0.15) is 0 Å². The molecule has 0 fully saturated rings. The zero-order chi connectivity index (χ0) is 31.7. The fraction of sp³-hybridized carbons (Fsp3) is 0.355. The summed E-state index contributed by atoms with van der Waals surface area (Å²) < 4.78 is 51.1. The van der Waals surface area contributed by atoms with E-state index in [4.69, 9.17) is 18.9 Å². The number of benzene rings is 3. The van der Waals surface area contributed by atoms with Gasteiger partial charge in [-0.25, -0.2) is 8.42 Å². The van der Waals surface area contributed by atoms with Gasteiger partial charge in [0.25, 0.3) is 10.0 Å². The third-order valence-electron chi connectivity index (χ3n) is 7.00. The van der Waals surface area contributed by atoms with Gasteiger partial charge in [0.2, 0.25) is 11.8 Å². The van der Waals surface area contributed by atoms with Crippen molar-refractivity contribution >= 4 is 27.5 Å². The fourth-order valence-electron chi connectivity index (χ4n) is 4.48. The minimum absolute atomic E-state index is 0.0755. The van der Waals surface area contributed by atoms with Crippen LogP contribution >= 0.6 is 0 Å². The molecule has 0 aliphatic heterocycles. The highest BCUT2D eigenvalue weighted by Crippen LogP contribution is 2.37. The summed E-state index contributed by atoms with van der Waals surface area (Å²) in [5.74, 6) is 0.110. The van der Waals surface area contributed by atoms with Crippen LogP contribution in [0.15, 0.2) is 65.6 Å². The van der Waals surface area contributed by atoms with E-state index in [0.717, 1.165) is 15.4 Å². The molecule has 0 radical (unpaired) electrons. The third kappa shape index (κ3) is 7.50. The van der Waals surface area contributed by atoms with Gasteiger partial charge in [-0.3, -0.25) is 13.9 Å². The molecule has 1 atom stereocenters. The summed E-state index contributed by atoms with van der Waals surface area (Å²) in [4.78, 5) is 28.3. The van der Waals surface area contributed by atoms with Crippen molar-refractivity contribution in [2.75, 3.05) is 45.8 Å². The Morgan fingerprint density at radius 2 is 1.51 bits per heavy atom. The quantitative estimate of drug-likeness (QED) is 0.292. The monoisotopic (exact) mass is 613 g/mol. The number of likely N-dealkylation sites (N-methyl/N-ethyl adjacent to an activating group) is 1. The Labute approximate surface area is 253 Å². The third-order valence-corrected chi connectivity index (χ3v) is 8.75. The van der Waals surface area contributed by atoms with Crippen LogP contribution in [-0.2, 0) is 26.2 Å². The van der Waals surface area contributed by atoms with E-state index in [1.54, 1.807) is 26.0 Å². The van der Waals surface area contributed by atoms with E-state index in [2.05, 4.69) is 5.32 Å². The Morgan fingerprint density at radius 1 is 0.860 bits per heavy atom.